The van der Waals surface area contributed by atoms with Gasteiger partial charge in [-0.15, -0.1) is 0 Å². The van der Waals surface area contributed by atoms with E-state index in [1.54, 1.807) is 0 Å². The van der Waals surface area contributed by atoms with Crippen LogP contribution in [-0.2, 0) is 6.54 Å². The lowest BCUT2D eigenvalue weighted by Gasteiger charge is -2.03. The van der Waals surface area contributed by atoms with Gasteiger partial charge in [0.25, 0.3) is 0 Å². The Balaban J connectivity index is 2.82. The highest BCUT2D eigenvalue weighted by Gasteiger charge is 2.08. The summed E-state index contributed by atoms with van der Waals surface area (Å²) in [5.41, 5.74) is 2.55. The molecule has 1 rings (SSSR count). The van der Waals surface area contributed by atoms with Gasteiger partial charge in [-0.25, -0.2) is 0 Å². The van der Waals surface area contributed by atoms with Gasteiger partial charge in [-0.2, -0.15) is 5.10 Å². The van der Waals surface area contributed by atoms with Crippen molar-refractivity contribution in [3.63, 3.8) is 0 Å². The molecule has 74 valence electrons. The number of rotatable bonds is 3. The summed E-state index contributed by atoms with van der Waals surface area (Å²) in [6, 6.07) is 0. The van der Waals surface area contributed by atoms with Crippen molar-refractivity contribution in [3.8, 4) is 0 Å². The maximum atomic E-state index is 4.49. The zero-order valence-corrected chi connectivity index (χ0v) is 9.33. The third kappa shape index (κ3) is 2.58. The van der Waals surface area contributed by atoms with Crippen molar-refractivity contribution in [3.05, 3.63) is 17.5 Å². The molecule has 0 aliphatic heterocycles. The van der Waals surface area contributed by atoms with Crippen molar-refractivity contribution in [2.24, 2.45) is 5.92 Å². The van der Waals surface area contributed by atoms with Crippen molar-refractivity contribution in [1.82, 2.24) is 9.78 Å². The molecule has 0 bridgehead atoms. The summed E-state index contributed by atoms with van der Waals surface area (Å²) in [5, 5.41) is 4.49. The molecular weight excluding hydrogens is 160 g/mol. The lowest BCUT2D eigenvalue weighted by atomic mass is 10.1. The van der Waals surface area contributed by atoms with Gasteiger partial charge in [-0.3, -0.25) is 4.68 Å². The second kappa shape index (κ2) is 3.95. The minimum atomic E-state index is 0.584. The van der Waals surface area contributed by atoms with Crippen LogP contribution in [0.1, 0.15) is 44.9 Å². The molecule has 1 aromatic rings. The third-order valence-electron chi connectivity index (χ3n) is 2.16. The zero-order chi connectivity index (χ0) is 10.0. The molecule has 0 aromatic carbocycles. The van der Waals surface area contributed by atoms with Gasteiger partial charge in [-0.05, 0) is 24.3 Å². The standard InChI is InChI=1S/C11H20N2/c1-8(2)6-13-7-11(9(3)4)10(5)12-13/h7-9H,6H2,1-5H3. The van der Waals surface area contributed by atoms with Gasteiger partial charge >= 0.3 is 0 Å². The van der Waals surface area contributed by atoms with Crippen molar-refractivity contribution < 1.29 is 0 Å². The van der Waals surface area contributed by atoms with Gasteiger partial charge in [0.05, 0.1) is 5.69 Å². The van der Waals surface area contributed by atoms with Crippen LogP contribution in [-0.4, -0.2) is 9.78 Å². The quantitative estimate of drug-likeness (QED) is 0.699. The van der Waals surface area contributed by atoms with Gasteiger partial charge in [0.1, 0.15) is 0 Å². The van der Waals surface area contributed by atoms with Crippen molar-refractivity contribution in [2.75, 3.05) is 0 Å². The van der Waals surface area contributed by atoms with Crippen LogP contribution in [0.2, 0.25) is 0 Å². The first-order valence-corrected chi connectivity index (χ1v) is 5.04. The first-order valence-electron chi connectivity index (χ1n) is 5.04. The number of hydrogen-bond acceptors (Lipinski definition) is 1. The smallest absolute Gasteiger partial charge is 0.0628 e. The second-order valence-electron chi connectivity index (χ2n) is 4.44. The van der Waals surface area contributed by atoms with Gasteiger partial charge in [0.2, 0.25) is 0 Å². The molecule has 0 spiro atoms. The summed E-state index contributed by atoms with van der Waals surface area (Å²) in [4.78, 5) is 0. The molecule has 0 aliphatic carbocycles. The van der Waals surface area contributed by atoms with E-state index in [4.69, 9.17) is 0 Å². The summed E-state index contributed by atoms with van der Waals surface area (Å²) >= 11 is 0. The minimum Gasteiger partial charge on any atom is -0.272 e. The topological polar surface area (TPSA) is 17.8 Å². The summed E-state index contributed by atoms with van der Waals surface area (Å²) in [7, 11) is 0. The van der Waals surface area contributed by atoms with Gasteiger partial charge < -0.3 is 0 Å². The first kappa shape index (κ1) is 10.3. The van der Waals surface area contributed by atoms with Gasteiger partial charge in [0.15, 0.2) is 0 Å². The molecule has 0 atom stereocenters. The van der Waals surface area contributed by atoms with Crippen molar-refractivity contribution in [2.45, 2.75) is 47.1 Å². The number of aromatic nitrogens is 2. The molecule has 0 saturated heterocycles. The van der Waals surface area contributed by atoms with Crippen LogP contribution in [0.15, 0.2) is 6.20 Å². The molecule has 0 amide bonds. The number of hydrogen-bond donors (Lipinski definition) is 0. The highest BCUT2D eigenvalue weighted by molar-refractivity contribution is 5.19. The Bertz CT molecular complexity index is 272. The lowest BCUT2D eigenvalue weighted by Crippen LogP contribution is -2.04. The molecule has 2 heteroatoms. The Hall–Kier alpha value is -0.790. The Morgan fingerprint density at radius 2 is 1.92 bits per heavy atom. The zero-order valence-electron chi connectivity index (χ0n) is 9.33. The van der Waals surface area contributed by atoms with E-state index in [2.05, 4.69) is 50.6 Å². The van der Waals surface area contributed by atoms with Crippen LogP contribution in [0.5, 0.6) is 0 Å². The number of aryl methyl sites for hydroxylation is 1. The lowest BCUT2D eigenvalue weighted by molar-refractivity contribution is 0.481. The monoisotopic (exact) mass is 180 g/mol. The van der Waals surface area contributed by atoms with E-state index < -0.39 is 0 Å². The summed E-state index contributed by atoms with van der Waals surface area (Å²) in [5.74, 6) is 1.25. The molecule has 0 N–H and O–H groups in total. The Kier molecular flexibility index (Phi) is 3.12. The normalized spacial score (nSPS) is 11.6. The van der Waals surface area contributed by atoms with Gasteiger partial charge in [0, 0.05) is 12.7 Å². The highest BCUT2D eigenvalue weighted by Crippen LogP contribution is 2.17. The van der Waals surface area contributed by atoms with E-state index in [0.717, 1.165) is 6.54 Å². The van der Waals surface area contributed by atoms with Crippen LogP contribution in [0.3, 0.4) is 0 Å². The van der Waals surface area contributed by atoms with Crippen LogP contribution >= 0.6 is 0 Å². The molecule has 0 radical (unpaired) electrons. The van der Waals surface area contributed by atoms with E-state index in [-0.39, 0.29) is 0 Å². The fourth-order valence-electron chi connectivity index (χ4n) is 1.57. The van der Waals surface area contributed by atoms with Crippen LogP contribution in [0.25, 0.3) is 0 Å². The molecule has 0 unspecified atom stereocenters. The molecule has 1 heterocycles. The molecule has 2 nitrogen and oxygen atoms in total. The SMILES string of the molecule is Cc1nn(CC(C)C)cc1C(C)C. The van der Waals surface area contributed by atoms with E-state index >= 15 is 0 Å². The Labute approximate surface area is 81.0 Å². The Morgan fingerprint density at radius 1 is 1.31 bits per heavy atom. The maximum absolute atomic E-state index is 4.49. The summed E-state index contributed by atoms with van der Waals surface area (Å²) in [6.07, 6.45) is 2.18. The molecule has 0 fully saturated rings. The fraction of sp³-hybridized carbons (Fsp3) is 0.727. The minimum absolute atomic E-state index is 0.584. The molecular formula is C11H20N2. The average Bonchev–Trinajstić information content (AvgIpc) is 2.29. The molecule has 13 heavy (non-hydrogen) atoms. The van der Waals surface area contributed by atoms with Crippen molar-refractivity contribution in [1.29, 1.82) is 0 Å². The van der Waals surface area contributed by atoms with Gasteiger partial charge in [-0.1, -0.05) is 27.7 Å². The highest BCUT2D eigenvalue weighted by atomic mass is 15.3. The van der Waals surface area contributed by atoms with Crippen molar-refractivity contribution >= 4 is 0 Å². The Morgan fingerprint density at radius 3 is 2.31 bits per heavy atom. The molecule has 1 aromatic heterocycles. The summed E-state index contributed by atoms with van der Waals surface area (Å²) in [6.45, 7) is 12.0. The van der Waals surface area contributed by atoms with E-state index in [1.165, 1.54) is 11.3 Å². The second-order valence-corrected chi connectivity index (χ2v) is 4.44. The largest absolute Gasteiger partial charge is 0.272 e. The molecule has 0 saturated carbocycles. The molecule has 0 aliphatic rings. The average molecular weight is 180 g/mol. The van der Waals surface area contributed by atoms with Crippen LogP contribution < -0.4 is 0 Å². The van der Waals surface area contributed by atoms with E-state index in [9.17, 15) is 0 Å². The first-order chi connectivity index (χ1) is 6.00. The fourth-order valence-corrected chi connectivity index (χ4v) is 1.57. The van der Waals surface area contributed by atoms with Crippen LogP contribution in [0, 0.1) is 12.8 Å². The predicted octanol–water partition coefficient (Wildman–Crippen LogP) is 2.97. The van der Waals surface area contributed by atoms with E-state index in [0.29, 0.717) is 11.8 Å². The summed E-state index contributed by atoms with van der Waals surface area (Å²) < 4.78 is 2.06. The predicted molar refractivity (Wildman–Crippen MR) is 55.9 cm³/mol. The third-order valence-corrected chi connectivity index (χ3v) is 2.16. The number of nitrogens with zero attached hydrogens (tertiary/aromatic N) is 2. The van der Waals surface area contributed by atoms with Crippen LogP contribution in [0.4, 0.5) is 0 Å². The maximum Gasteiger partial charge on any atom is 0.0628 e. The van der Waals surface area contributed by atoms with E-state index in [1.807, 2.05) is 0 Å².